The van der Waals surface area contributed by atoms with Crippen molar-refractivity contribution >= 4 is 18.0 Å². The summed E-state index contributed by atoms with van der Waals surface area (Å²) in [5, 5.41) is 51.6. The van der Waals surface area contributed by atoms with Gasteiger partial charge in [0.15, 0.2) is 12.3 Å². The van der Waals surface area contributed by atoms with Crippen molar-refractivity contribution < 1.29 is 54.1 Å². The molecule has 1 aliphatic rings. The standard InChI is InChI=1S/C15H24N2O11/c1-2-3-26-15(25)16-4-9(19)17-7(13(23)24)6-27-14-12(22)11(21)10(20)8(5-18)28-14/h2,7-8,10-12,14,18,20-22H,1,3-6H2,(H,16,25)(H,17,19)(H,23,24)/t7-,8+,10-,11-,12+,14+/m0/s1. The lowest BCUT2D eigenvalue weighted by Crippen LogP contribution is -2.60. The largest absolute Gasteiger partial charge is 0.480 e. The highest BCUT2D eigenvalue weighted by Crippen LogP contribution is 2.22. The Kier molecular flexibility index (Phi) is 9.78. The fourth-order valence-electron chi connectivity index (χ4n) is 2.15. The highest BCUT2D eigenvalue weighted by atomic mass is 16.7. The number of aliphatic carboxylic acids is 1. The summed E-state index contributed by atoms with van der Waals surface area (Å²) < 4.78 is 14.7. The second-order valence-corrected chi connectivity index (χ2v) is 5.73. The van der Waals surface area contributed by atoms with Crippen LogP contribution in [0.3, 0.4) is 0 Å². The topological polar surface area (TPSA) is 204 Å². The minimum absolute atomic E-state index is 0.0713. The van der Waals surface area contributed by atoms with Crippen LogP contribution < -0.4 is 10.6 Å². The number of aliphatic hydroxyl groups excluding tert-OH is 4. The molecule has 1 rings (SSSR count). The van der Waals surface area contributed by atoms with Gasteiger partial charge >= 0.3 is 12.1 Å². The Morgan fingerprint density at radius 2 is 1.86 bits per heavy atom. The van der Waals surface area contributed by atoms with Gasteiger partial charge in [-0.3, -0.25) is 4.79 Å². The number of carboxylic acids is 1. The molecule has 7 N–H and O–H groups in total. The van der Waals surface area contributed by atoms with Crippen LogP contribution in [0, 0.1) is 0 Å². The zero-order chi connectivity index (χ0) is 21.3. The Morgan fingerprint density at radius 3 is 2.43 bits per heavy atom. The lowest BCUT2D eigenvalue weighted by molar-refractivity contribution is -0.301. The number of ether oxygens (including phenoxy) is 3. The number of rotatable bonds is 10. The maximum absolute atomic E-state index is 11.7. The van der Waals surface area contributed by atoms with E-state index in [0.29, 0.717) is 0 Å². The van der Waals surface area contributed by atoms with Crippen LogP contribution in [0.4, 0.5) is 4.79 Å². The van der Waals surface area contributed by atoms with Gasteiger partial charge in [-0.05, 0) is 0 Å². The molecule has 28 heavy (non-hydrogen) atoms. The summed E-state index contributed by atoms with van der Waals surface area (Å²) in [7, 11) is 0. The van der Waals surface area contributed by atoms with Gasteiger partial charge < -0.3 is 50.4 Å². The number of amides is 2. The van der Waals surface area contributed by atoms with Gasteiger partial charge in [0.2, 0.25) is 5.91 Å². The number of hydrogen-bond donors (Lipinski definition) is 7. The van der Waals surface area contributed by atoms with Crippen LogP contribution in [-0.2, 0) is 23.8 Å². The number of nitrogens with one attached hydrogen (secondary N) is 2. The van der Waals surface area contributed by atoms with E-state index in [-0.39, 0.29) is 6.61 Å². The van der Waals surface area contributed by atoms with E-state index in [0.717, 1.165) is 0 Å². The van der Waals surface area contributed by atoms with E-state index in [4.69, 9.17) is 19.7 Å². The molecule has 2 amide bonds. The SMILES string of the molecule is C=CCOC(=O)NCC(=O)N[C@@H](CO[C@@H]1O[C@H](CO)[C@H](O)[C@H](O)[C@H]1O)C(=O)O. The molecule has 0 radical (unpaired) electrons. The fourth-order valence-corrected chi connectivity index (χ4v) is 2.15. The first-order valence-corrected chi connectivity index (χ1v) is 8.17. The first-order valence-electron chi connectivity index (χ1n) is 8.17. The number of carbonyl (C=O) groups excluding carboxylic acids is 2. The number of alkyl carbamates (subject to hydrolysis) is 1. The molecule has 160 valence electrons. The molecule has 1 heterocycles. The van der Waals surface area contributed by atoms with Crippen LogP contribution in [0.1, 0.15) is 0 Å². The van der Waals surface area contributed by atoms with E-state index in [2.05, 4.69) is 21.9 Å². The lowest BCUT2D eigenvalue weighted by atomic mass is 9.99. The second kappa shape index (κ2) is 11.5. The molecule has 0 saturated carbocycles. The molecule has 1 saturated heterocycles. The molecule has 0 aromatic carbocycles. The first-order chi connectivity index (χ1) is 13.2. The summed E-state index contributed by atoms with van der Waals surface area (Å²) in [6, 6.07) is -1.58. The highest BCUT2D eigenvalue weighted by Gasteiger charge is 2.44. The van der Waals surface area contributed by atoms with Crippen molar-refractivity contribution in [1.29, 1.82) is 0 Å². The summed E-state index contributed by atoms with van der Waals surface area (Å²) in [5.74, 6) is -2.34. The third-order valence-corrected chi connectivity index (χ3v) is 3.63. The number of carbonyl (C=O) groups is 3. The molecule has 1 aliphatic heterocycles. The van der Waals surface area contributed by atoms with Crippen molar-refractivity contribution in [2.24, 2.45) is 0 Å². The van der Waals surface area contributed by atoms with Crippen LogP contribution in [0.15, 0.2) is 12.7 Å². The van der Waals surface area contributed by atoms with Gasteiger partial charge in [0.05, 0.1) is 13.2 Å². The smallest absolute Gasteiger partial charge is 0.407 e. The highest BCUT2D eigenvalue weighted by molar-refractivity contribution is 5.86. The maximum Gasteiger partial charge on any atom is 0.407 e. The van der Waals surface area contributed by atoms with Crippen molar-refractivity contribution in [2.75, 3.05) is 26.4 Å². The summed E-state index contributed by atoms with van der Waals surface area (Å²) in [5.41, 5.74) is 0. The number of aliphatic hydroxyl groups is 4. The maximum atomic E-state index is 11.7. The predicted octanol–water partition coefficient (Wildman–Crippen LogP) is -3.72. The van der Waals surface area contributed by atoms with Gasteiger partial charge in [-0.15, -0.1) is 0 Å². The molecule has 0 aromatic rings. The zero-order valence-corrected chi connectivity index (χ0v) is 14.8. The van der Waals surface area contributed by atoms with E-state index in [9.17, 15) is 29.7 Å². The second-order valence-electron chi connectivity index (χ2n) is 5.73. The van der Waals surface area contributed by atoms with E-state index in [1.807, 2.05) is 0 Å². The van der Waals surface area contributed by atoms with E-state index < -0.39 is 74.5 Å². The van der Waals surface area contributed by atoms with Crippen LogP contribution in [0.5, 0.6) is 0 Å². The molecule has 0 unspecified atom stereocenters. The fraction of sp³-hybridized carbons (Fsp3) is 0.667. The Labute approximate surface area is 159 Å². The van der Waals surface area contributed by atoms with Crippen LogP contribution in [0.2, 0.25) is 0 Å². The van der Waals surface area contributed by atoms with Crippen molar-refractivity contribution in [3.63, 3.8) is 0 Å². The van der Waals surface area contributed by atoms with E-state index in [1.54, 1.807) is 0 Å². The van der Waals surface area contributed by atoms with Gasteiger partial charge in [-0.25, -0.2) is 9.59 Å². The molecule has 0 aromatic heterocycles. The van der Waals surface area contributed by atoms with Crippen molar-refractivity contribution in [3.05, 3.63) is 12.7 Å². The normalized spacial score (nSPS) is 28.1. The average Bonchev–Trinajstić information content (AvgIpc) is 2.67. The predicted molar refractivity (Wildman–Crippen MR) is 88.8 cm³/mol. The molecule has 6 atom stereocenters. The van der Waals surface area contributed by atoms with Crippen molar-refractivity contribution in [3.8, 4) is 0 Å². The van der Waals surface area contributed by atoms with Crippen LogP contribution in [0.25, 0.3) is 0 Å². The summed E-state index contributed by atoms with van der Waals surface area (Å²) >= 11 is 0. The number of carboxylic acid groups (broad SMARTS) is 1. The molecule has 0 aliphatic carbocycles. The average molecular weight is 408 g/mol. The van der Waals surface area contributed by atoms with Crippen molar-refractivity contribution in [1.82, 2.24) is 10.6 Å². The third-order valence-electron chi connectivity index (χ3n) is 3.63. The molecule has 0 bridgehead atoms. The van der Waals surface area contributed by atoms with Gasteiger partial charge in [0.25, 0.3) is 0 Å². The summed E-state index contributed by atoms with van der Waals surface area (Å²) in [6.07, 6.45) is -7.38. The van der Waals surface area contributed by atoms with Gasteiger partial charge in [0, 0.05) is 0 Å². The molecule has 13 heteroatoms. The minimum Gasteiger partial charge on any atom is -0.480 e. The molecule has 0 spiro atoms. The van der Waals surface area contributed by atoms with Crippen molar-refractivity contribution in [2.45, 2.75) is 36.7 Å². The van der Waals surface area contributed by atoms with E-state index in [1.165, 1.54) is 6.08 Å². The monoisotopic (exact) mass is 408 g/mol. The van der Waals surface area contributed by atoms with E-state index >= 15 is 0 Å². The van der Waals surface area contributed by atoms with Gasteiger partial charge in [-0.2, -0.15) is 0 Å². The van der Waals surface area contributed by atoms with Gasteiger partial charge in [-0.1, -0.05) is 12.7 Å². The molecular formula is C15H24N2O11. The molecule has 1 fully saturated rings. The summed E-state index contributed by atoms with van der Waals surface area (Å²) in [4.78, 5) is 34.2. The third kappa shape index (κ3) is 7.03. The Bertz CT molecular complexity index is 556. The van der Waals surface area contributed by atoms with Crippen LogP contribution in [-0.4, -0.2) is 107 Å². The Balaban J connectivity index is 2.53. The Morgan fingerprint density at radius 1 is 1.18 bits per heavy atom. The first kappa shape index (κ1) is 23.7. The Hall–Kier alpha value is -2.29. The van der Waals surface area contributed by atoms with Gasteiger partial charge in [0.1, 0.15) is 37.6 Å². The number of hydrogen-bond acceptors (Lipinski definition) is 10. The molecular weight excluding hydrogens is 384 g/mol. The lowest BCUT2D eigenvalue weighted by Gasteiger charge is -2.39. The summed E-state index contributed by atoms with van der Waals surface area (Å²) in [6.45, 7) is 1.34. The van der Waals surface area contributed by atoms with Crippen LogP contribution >= 0.6 is 0 Å². The zero-order valence-electron chi connectivity index (χ0n) is 14.8. The molecule has 13 nitrogen and oxygen atoms in total. The minimum atomic E-state index is -1.72. The quantitative estimate of drug-likeness (QED) is 0.175.